The number of hydrogen-bond acceptors (Lipinski definition) is 2. The van der Waals surface area contributed by atoms with Crippen LogP contribution in [0.3, 0.4) is 0 Å². The van der Waals surface area contributed by atoms with Crippen LogP contribution < -0.4 is 0 Å². The van der Waals surface area contributed by atoms with E-state index in [1.807, 2.05) is 0 Å². The van der Waals surface area contributed by atoms with Crippen molar-refractivity contribution in [3.63, 3.8) is 0 Å². The number of carbonyl (C=O) groups excluding carboxylic acids is 1. The maximum Gasteiger partial charge on any atom is 0.355 e. The summed E-state index contributed by atoms with van der Waals surface area (Å²) in [7, 11) is 0. The standard InChI is InChI=1S/C13H11ClFNO2/c1-2-18-13(17)12-9(5-6-16-12)8-3-4-10(14)11(15)7-8/h3-7,16H,2H2,1H3. The number of benzene rings is 1. The average molecular weight is 268 g/mol. The van der Waals surface area contributed by atoms with Crippen LogP contribution >= 0.6 is 11.6 Å². The highest BCUT2D eigenvalue weighted by molar-refractivity contribution is 6.30. The molecule has 0 amide bonds. The second-order valence-corrected chi connectivity index (χ2v) is 4.02. The second-order valence-electron chi connectivity index (χ2n) is 3.62. The van der Waals surface area contributed by atoms with Crippen molar-refractivity contribution in [2.45, 2.75) is 6.92 Å². The van der Waals surface area contributed by atoms with Gasteiger partial charge in [-0.2, -0.15) is 0 Å². The molecule has 0 aliphatic heterocycles. The van der Waals surface area contributed by atoms with E-state index in [-0.39, 0.29) is 11.6 Å². The predicted octanol–water partition coefficient (Wildman–Crippen LogP) is 3.65. The summed E-state index contributed by atoms with van der Waals surface area (Å²) in [4.78, 5) is 14.5. The molecular formula is C13H11ClFNO2. The summed E-state index contributed by atoms with van der Waals surface area (Å²) >= 11 is 5.62. The molecule has 0 saturated heterocycles. The van der Waals surface area contributed by atoms with E-state index in [0.29, 0.717) is 16.8 Å². The van der Waals surface area contributed by atoms with Gasteiger partial charge in [0.1, 0.15) is 11.5 Å². The van der Waals surface area contributed by atoms with E-state index in [1.54, 1.807) is 25.3 Å². The van der Waals surface area contributed by atoms with Crippen molar-refractivity contribution in [3.05, 3.63) is 47.0 Å². The number of halogens is 2. The molecule has 2 aromatic rings. The Balaban J connectivity index is 2.42. The summed E-state index contributed by atoms with van der Waals surface area (Å²) < 4.78 is 18.3. The third kappa shape index (κ3) is 2.38. The molecule has 5 heteroatoms. The van der Waals surface area contributed by atoms with Crippen LogP contribution in [0, 0.1) is 5.82 Å². The van der Waals surface area contributed by atoms with Crippen molar-refractivity contribution < 1.29 is 13.9 Å². The average Bonchev–Trinajstić information content (AvgIpc) is 2.82. The first-order chi connectivity index (χ1) is 8.63. The van der Waals surface area contributed by atoms with E-state index < -0.39 is 11.8 Å². The van der Waals surface area contributed by atoms with Gasteiger partial charge in [-0.25, -0.2) is 9.18 Å². The van der Waals surface area contributed by atoms with E-state index in [9.17, 15) is 9.18 Å². The Hall–Kier alpha value is -1.81. The van der Waals surface area contributed by atoms with Crippen molar-refractivity contribution in [3.8, 4) is 11.1 Å². The second kappa shape index (κ2) is 5.23. The van der Waals surface area contributed by atoms with Crippen molar-refractivity contribution in [2.75, 3.05) is 6.61 Å². The number of aromatic nitrogens is 1. The Morgan fingerprint density at radius 1 is 1.44 bits per heavy atom. The van der Waals surface area contributed by atoms with Gasteiger partial charge in [0.2, 0.25) is 0 Å². The van der Waals surface area contributed by atoms with Gasteiger partial charge < -0.3 is 9.72 Å². The summed E-state index contributed by atoms with van der Waals surface area (Å²) in [6.45, 7) is 2.01. The van der Waals surface area contributed by atoms with Crippen molar-refractivity contribution in [1.29, 1.82) is 0 Å². The van der Waals surface area contributed by atoms with Gasteiger partial charge in [0.15, 0.2) is 0 Å². The minimum Gasteiger partial charge on any atom is -0.461 e. The molecule has 0 aliphatic carbocycles. The predicted molar refractivity (Wildman–Crippen MR) is 67.2 cm³/mol. The molecule has 1 heterocycles. The Labute approximate surface area is 109 Å². The fourth-order valence-corrected chi connectivity index (χ4v) is 1.76. The lowest BCUT2D eigenvalue weighted by Gasteiger charge is -2.05. The summed E-state index contributed by atoms with van der Waals surface area (Å²) in [5, 5.41) is 0.0481. The van der Waals surface area contributed by atoms with Gasteiger partial charge in [0, 0.05) is 11.8 Å². The van der Waals surface area contributed by atoms with E-state index in [4.69, 9.17) is 16.3 Å². The summed E-state index contributed by atoms with van der Waals surface area (Å²) in [5.41, 5.74) is 1.46. The number of carbonyl (C=O) groups is 1. The van der Waals surface area contributed by atoms with Crippen LogP contribution in [0.25, 0.3) is 11.1 Å². The topological polar surface area (TPSA) is 42.1 Å². The van der Waals surface area contributed by atoms with Crippen molar-refractivity contribution in [1.82, 2.24) is 4.98 Å². The number of H-pyrrole nitrogens is 1. The lowest BCUT2D eigenvalue weighted by Crippen LogP contribution is -2.06. The molecule has 94 valence electrons. The minimum atomic E-state index is -0.523. The first-order valence-electron chi connectivity index (χ1n) is 5.43. The van der Waals surface area contributed by atoms with Crippen LogP contribution in [0.1, 0.15) is 17.4 Å². The molecule has 0 unspecified atom stereocenters. The number of ether oxygens (including phenoxy) is 1. The zero-order valence-electron chi connectivity index (χ0n) is 9.67. The van der Waals surface area contributed by atoms with Crippen LogP contribution in [0.2, 0.25) is 5.02 Å². The normalized spacial score (nSPS) is 10.4. The van der Waals surface area contributed by atoms with Crippen molar-refractivity contribution >= 4 is 17.6 Å². The maximum atomic E-state index is 13.4. The lowest BCUT2D eigenvalue weighted by molar-refractivity contribution is 0.0521. The van der Waals surface area contributed by atoms with Gasteiger partial charge >= 0.3 is 5.97 Å². The number of esters is 1. The first-order valence-corrected chi connectivity index (χ1v) is 5.81. The third-order valence-electron chi connectivity index (χ3n) is 2.46. The van der Waals surface area contributed by atoms with Gasteiger partial charge in [-0.3, -0.25) is 0 Å². The van der Waals surface area contributed by atoms with Crippen LogP contribution in [0.5, 0.6) is 0 Å². The fourth-order valence-electron chi connectivity index (χ4n) is 1.65. The van der Waals surface area contributed by atoms with Gasteiger partial charge in [-0.15, -0.1) is 0 Å². The van der Waals surface area contributed by atoms with Crippen molar-refractivity contribution in [2.24, 2.45) is 0 Å². The molecule has 18 heavy (non-hydrogen) atoms. The van der Waals surface area contributed by atoms with Crippen LogP contribution in [0.15, 0.2) is 30.5 Å². The fraction of sp³-hybridized carbons (Fsp3) is 0.154. The highest BCUT2D eigenvalue weighted by atomic mass is 35.5. The Kier molecular flexibility index (Phi) is 3.67. The van der Waals surface area contributed by atoms with E-state index in [0.717, 1.165) is 0 Å². The largest absolute Gasteiger partial charge is 0.461 e. The quantitative estimate of drug-likeness (QED) is 0.863. The van der Waals surface area contributed by atoms with E-state index in [1.165, 1.54) is 12.1 Å². The van der Waals surface area contributed by atoms with Gasteiger partial charge in [-0.1, -0.05) is 17.7 Å². The molecule has 3 nitrogen and oxygen atoms in total. The Bertz CT molecular complexity index is 580. The molecule has 1 aromatic heterocycles. The molecule has 0 saturated carbocycles. The molecule has 2 rings (SSSR count). The summed E-state index contributed by atoms with van der Waals surface area (Å²) in [6.07, 6.45) is 1.61. The van der Waals surface area contributed by atoms with Gasteiger partial charge in [-0.05, 0) is 30.7 Å². The van der Waals surface area contributed by atoms with E-state index >= 15 is 0 Å². The molecule has 0 aliphatic rings. The highest BCUT2D eigenvalue weighted by Crippen LogP contribution is 2.27. The molecular weight excluding hydrogens is 257 g/mol. The minimum absolute atomic E-state index is 0.0481. The van der Waals surface area contributed by atoms with Crippen LogP contribution in [0.4, 0.5) is 4.39 Å². The lowest BCUT2D eigenvalue weighted by atomic mass is 10.1. The smallest absolute Gasteiger partial charge is 0.355 e. The summed E-state index contributed by atoms with van der Waals surface area (Å²) in [5.74, 6) is -0.988. The van der Waals surface area contributed by atoms with Crippen LogP contribution in [-0.2, 0) is 4.74 Å². The molecule has 0 radical (unpaired) electrons. The first kappa shape index (κ1) is 12.6. The van der Waals surface area contributed by atoms with Gasteiger partial charge in [0.25, 0.3) is 0 Å². The molecule has 1 aromatic carbocycles. The number of aromatic amines is 1. The molecule has 1 N–H and O–H groups in total. The SMILES string of the molecule is CCOC(=O)c1[nH]ccc1-c1ccc(Cl)c(F)c1. The zero-order chi connectivity index (χ0) is 13.1. The molecule has 0 spiro atoms. The summed E-state index contributed by atoms with van der Waals surface area (Å²) in [6, 6.07) is 6.08. The molecule has 0 fully saturated rings. The monoisotopic (exact) mass is 267 g/mol. The number of hydrogen-bond donors (Lipinski definition) is 1. The Morgan fingerprint density at radius 2 is 2.22 bits per heavy atom. The highest BCUT2D eigenvalue weighted by Gasteiger charge is 2.15. The molecule has 0 atom stereocenters. The van der Waals surface area contributed by atoms with Gasteiger partial charge in [0.05, 0.1) is 11.6 Å². The van der Waals surface area contributed by atoms with E-state index in [2.05, 4.69) is 4.98 Å². The number of rotatable bonds is 3. The Morgan fingerprint density at radius 3 is 2.89 bits per heavy atom. The molecule has 0 bridgehead atoms. The zero-order valence-corrected chi connectivity index (χ0v) is 10.4. The third-order valence-corrected chi connectivity index (χ3v) is 2.76. The van der Waals surface area contributed by atoms with Crippen LogP contribution in [-0.4, -0.2) is 17.6 Å². The maximum absolute atomic E-state index is 13.4. The number of nitrogens with one attached hydrogen (secondary N) is 1.